The number of hydrogen-bond acceptors (Lipinski definition) is 6. The number of aryl methyl sites for hydroxylation is 1. The molecule has 4 aromatic rings. The lowest BCUT2D eigenvalue weighted by Crippen LogP contribution is -2.29. The molecule has 1 aliphatic rings. The summed E-state index contributed by atoms with van der Waals surface area (Å²) < 4.78 is 30.0. The lowest BCUT2D eigenvalue weighted by molar-refractivity contribution is -0.119. The average molecular weight is 489 g/mol. The van der Waals surface area contributed by atoms with E-state index in [0.29, 0.717) is 27.6 Å². The first-order chi connectivity index (χ1) is 15.7. The molecule has 1 amide bonds. The zero-order chi connectivity index (χ0) is 23.3. The lowest BCUT2D eigenvalue weighted by Gasteiger charge is -2.07. The smallest absolute Gasteiger partial charge is 0.304 e. The predicted molar refractivity (Wildman–Crippen MR) is 123 cm³/mol. The molecule has 0 radical (unpaired) electrons. The van der Waals surface area contributed by atoms with Crippen molar-refractivity contribution < 1.29 is 13.2 Å². The maximum absolute atomic E-state index is 13.3. The van der Waals surface area contributed by atoms with Crippen molar-refractivity contribution in [2.24, 2.45) is 0 Å². The largest absolute Gasteiger partial charge is 0.329 e. The van der Waals surface area contributed by atoms with Gasteiger partial charge in [0.1, 0.15) is 5.65 Å². The number of pyridine rings is 2. The predicted octanol–water partition coefficient (Wildman–Crippen LogP) is 1.89. The normalized spacial score (nSPS) is 14.2. The Morgan fingerprint density at radius 2 is 2.06 bits per heavy atom. The van der Waals surface area contributed by atoms with Crippen LogP contribution in [0.3, 0.4) is 0 Å². The number of fused-ring (bicyclic) bond motifs is 2. The van der Waals surface area contributed by atoms with Gasteiger partial charge in [-0.2, -0.15) is 0 Å². The molecule has 5 rings (SSSR count). The zero-order valence-electron chi connectivity index (χ0n) is 17.7. The van der Waals surface area contributed by atoms with Crippen molar-refractivity contribution in [3.63, 3.8) is 0 Å². The van der Waals surface area contributed by atoms with E-state index >= 15 is 0 Å². The van der Waals surface area contributed by atoms with Crippen LogP contribution in [0, 0.1) is 0 Å². The fourth-order valence-corrected chi connectivity index (χ4v) is 4.78. The molecule has 12 heteroatoms. The molecule has 0 unspecified atom stereocenters. The van der Waals surface area contributed by atoms with Crippen molar-refractivity contribution >= 4 is 44.2 Å². The van der Waals surface area contributed by atoms with Gasteiger partial charge in [-0.1, -0.05) is 11.6 Å². The summed E-state index contributed by atoms with van der Waals surface area (Å²) in [5, 5.41) is 0.507. The first-order valence-electron chi connectivity index (χ1n) is 10.4. The van der Waals surface area contributed by atoms with Gasteiger partial charge in [0.25, 0.3) is 0 Å². The van der Waals surface area contributed by atoms with Gasteiger partial charge in [0, 0.05) is 41.6 Å². The molecule has 0 aromatic carbocycles. The summed E-state index contributed by atoms with van der Waals surface area (Å²) in [7, 11) is -3.65. The maximum Gasteiger partial charge on any atom is 0.329 e. The van der Waals surface area contributed by atoms with Crippen LogP contribution in [-0.4, -0.2) is 44.1 Å². The van der Waals surface area contributed by atoms with Crippen molar-refractivity contribution in [1.82, 2.24) is 28.2 Å². The number of amides is 1. The number of carbonyl (C=O) groups excluding carboxylic acids is 1. The van der Waals surface area contributed by atoms with Crippen molar-refractivity contribution in [3.8, 4) is 0 Å². The number of halogens is 1. The SMILES string of the molecule is CS(=O)(=O)NC(=O)CCc1c(Cn2c(=O)n(C3CC3)c3ccncc32)nc2cc(Cl)ccn12. The number of imidazole rings is 2. The Balaban J connectivity index is 1.56. The van der Waals surface area contributed by atoms with E-state index in [1.165, 1.54) is 0 Å². The minimum Gasteiger partial charge on any atom is -0.304 e. The van der Waals surface area contributed by atoms with E-state index in [2.05, 4.69) is 9.97 Å². The summed E-state index contributed by atoms with van der Waals surface area (Å²) in [6.45, 7) is 0.184. The third-order valence-corrected chi connectivity index (χ3v) is 6.48. The highest BCUT2D eigenvalue weighted by molar-refractivity contribution is 7.89. The fraction of sp³-hybridized carbons (Fsp3) is 0.333. The molecule has 1 fully saturated rings. The quantitative estimate of drug-likeness (QED) is 0.424. The minimum absolute atomic E-state index is 0.0588. The van der Waals surface area contributed by atoms with Crippen LogP contribution in [-0.2, 0) is 27.8 Å². The molecule has 33 heavy (non-hydrogen) atoms. The molecule has 172 valence electrons. The van der Waals surface area contributed by atoms with Crippen LogP contribution in [0.15, 0.2) is 41.6 Å². The van der Waals surface area contributed by atoms with Crippen LogP contribution in [0.25, 0.3) is 16.7 Å². The summed E-state index contributed by atoms with van der Waals surface area (Å²) in [5.74, 6) is -0.612. The van der Waals surface area contributed by atoms with Gasteiger partial charge in [0.05, 0.1) is 35.7 Å². The van der Waals surface area contributed by atoms with Gasteiger partial charge >= 0.3 is 5.69 Å². The van der Waals surface area contributed by atoms with Gasteiger partial charge in [-0.15, -0.1) is 0 Å². The van der Waals surface area contributed by atoms with Crippen molar-refractivity contribution in [2.45, 2.75) is 38.3 Å². The molecule has 10 nitrogen and oxygen atoms in total. The van der Waals surface area contributed by atoms with E-state index in [0.717, 1.165) is 24.6 Å². The van der Waals surface area contributed by atoms with Crippen LogP contribution in [0.4, 0.5) is 0 Å². The van der Waals surface area contributed by atoms with Gasteiger partial charge in [-0.25, -0.2) is 18.2 Å². The second-order valence-electron chi connectivity index (χ2n) is 8.21. The molecule has 1 saturated carbocycles. The Labute approximate surface area is 193 Å². The van der Waals surface area contributed by atoms with Crippen molar-refractivity contribution in [3.05, 3.63) is 63.7 Å². The van der Waals surface area contributed by atoms with Crippen LogP contribution in [0.5, 0.6) is 0 Å². The summed E-state index contributed by atoms with van der Waals surface area (Å²) in [5.41, 5.74) is 3.30. The van der Waals surface area contributed by atoms with Gasteiger partial charge in [-0.05, 0) is 31.4 Å². The zero-order valence-corrected chi connectivity index (χ0v) is 19.3. The fourth-order valence-electron chi connectivity index (χ4n) is 4.12. The molecule has 1 aliphatic carbocycles. The van der Waals surface area contributed by atoms with Crippen LogP contribution in [0.2, 0.25) is 5.02 Å². The molecule has 0 saturated heterocycles. The topological polar surface area (TPSA) is 120 Å². The first kappa shape index (κ1) is 21.7. The summed E-state index contributed by atoms with van der Waals surface area (Å²) in [4.78, 5) is 34.3. The Kier molecular flexibility index (Phi) is 5.25. The van der Waals surface area contributed by atoms with Gasteiger partial charge in [-0.3, -0.25) is 23.6 Å². The molecule has 0 atom stereocenters. The van der Waals surface area contributed by atoms with E-state index < -0.39 is 15.9 Å². The Morgan fingerprint density at radius 3 is 2.79 bits per heavy atom. The van der Waals surface area contributed by atoms with Gasteiger partial charge in [0.15, 0.2) is 0 Å². The van der Waals surface area contributed by atoms with Crippen molar-refractivity contribution in [1.29, 1.82) is 0 Å². The van der Waals surface area contributed by atoms with Crippen LogP contribution >= 0.6 is 11.6 Å². The van der Waals surface area contributed by atoms with E-state index in [9.17, 15) is 18.0 Å². The Bertz CT molecular complexity index is 1560. The Hall–Kier alpha value is -3.18. The molecular weight excluding hydrogens is 468 g/mol. The van der Waals surface area contributed by atoms with E-state index in [4.69, 9.17) is 11.6 Å². The average Bonchev–Trinajstić information content (AvgIpc) is 3.46. The molecule has 1 N–H and O–H groups in total. The standard InChI is InChI=1S/C21H21ClN6O4S/c1-33(31,32)25-20(29)5-4-16-15(24-19-10-13(22)7-9-26(16)19)12-27-18-11-23-8-6-17(18)28(21(27)30)14-2-3-14/h6-11,14H,2-5,12H2,1H3,(H,25,29). The summed E-state index contributed by atoms with van der Waals surface area (Å²) in [6.07, 6.45) is 8.12. The highest BCUT2D eigenvalue weighted by Crippen LogP contribution is 2.36. The molecule has 0 spiro atoms. The molecule has 4 heterocycles. The third kappa shape index (κ3) is 4.25. The van der Waals surface area contributed by atoms with Gasteiger partial charge in [0.2, 0.25) is 15.9 Å². The van der Waals surface area contributed by atoms with Crippen LogP contribution < -0.4 is 10.4 Å². The van der Waals surface area contributed by atoms with E-state index in [-0.39, 0.29) is 31.1 Å². The minimum atomic E-state index is -3.65. The lowest BCUT2D eigenvalue weighted by atomic mass is 10.2. The number of carbonyl (C=O) groups is 1. The third-order valence-electron chi connectivity index (χ3n) is 5.64. The number of sulfonamides is 1. The van der Waals surface area contributed by atoms with Crippen LogP contribution in [0.1, 0.15) is 36.7 Å². The second-order valence-corrected chi connectivity index (χ2v) is 10.4. The van der Waals surface area contributed by atoms with E-state index in [1.807, 2.05) is 15.4 Å². The maximum atomic E-state index is 13.3. The number of nitrogens with one attached hydrogen (secondary N) is 1. The number of aromatic nitrogens is 5. The van der Waals surface area contributed by atoms with Crippen molar-refractivity contribution in [2.75, 3.05) is 6.26 Å². The second kappa shape index (κ2) is 7.99. The molecular formula is C21H21ClN6O4S. The number of rotatable bonds is 7. The summed E-state index contributed by atoms with van der Waals surface area (Å²) in [6, 6.07) is 5.44. The Morgan fingerprint density at radius 1 is 1.27 bits per heavy atom. The highest BCUT2D eigenvalue weighted by Gasteiger charge is 2.29. The highest BCUT2D eigenvalue weighted by atomic mass is 35.5. The van der Waals surface area contributed by atoms with E-state index in [1.54, 1.807) is 39.7 Å². The number of hydrogen-bond donors (Lipinski definition) is 1. The monoisotopic (exact) mass is 488 g/mol. The summed E-state index contributed by atoms with van der Waals surface area (Å²) >= 11 is 6.14. The molecule has 0 bridgehead atoms. The molecule has 0 aliphatic heterocycles. The van der Waals surface area contributed by atoms with Gasteiger partial charge < -0.3 is 4.40 Å². The molecule has 4 aromatic heterocycles. The first-order valence-corrected chi connectivity index (χ1v) is 12.7. The number of nitrogens with zero attached hydrogens (tertiary/aromatic N) is 5.